The van der Waals surface area contributed by atoms with Crippen LogP contribution in [0.15, 0.2) is 39.6 Å². The first-order valence-corrected chi connectivity index (χ1v) is 8.33. The van der Waals surface area contributed by atoms with Crippen LogP contribution in [0.5, 0.6) is 0 Å². The Morgan fingerprint density at radius 3 is 3.05 bits per heavy atom. The molecule has 0 atom stereocenters. The lowest BCUT2D eigenvalue weighted by atomic mass is 10.4. The van der Waals surface area contributed by atoms with Gasteiger partial charge >= 0.3 is 0 Å². The highest BCUT2D eigenvalue weighted by Gasteiger charge is 2.07. The maximum absolute atomic E-state index is 11.8. The number of carbonyl (C=O) groups excluding carboxylic acids is 1. The van der Waals surface area contributed by atoms with E-state index in [9.17, 15) is 4.79 Å². The summed E-state index contributed by atoms with van der Waals surface area (Å²) in [5, 5.41) is 7.61. The summed E-state index contributed by atoms with van der Waals surface area (Å²) in [5.74, 6) is 0.388. The number of aromatic nitrogens is 2. The van der Waals surface area contributed by atoms with Crippen molar-refractivity contribution < 1.29 is 9.21 Å². The number of amides is 1. The fourth-order valence-electron chi connectivity index (χ4n) is 1.76. The Labute approximate surface area is 135 Å². The molecule has 7 heteroatoms. The van der Waals surface area contributed by atoms with Gasteiger partial charge in [0.15, 0.2) is 0 Å². The van der Waals surface area contributed by atoms with Crippen LogP contribution in [-0.4, -0.2) is 15.9 Å². The van der Waals surface area contributed by atoms with Crippen molar-refractivity contribution in [3.05, 3.63) is 51.6 Å². The molecule has 0 saturated carbocycles. The summed E-state index contributed by atoms with van der Waals surface area (Å²) in [4.78, 5) is 21.3. The van der Waals surface area contributed by atoms with Gasteiger partial charge < -0.3 is 9.73 Å². The van der Waals surface area contributed by atoms with Crippen LogP contribution in [0.25, 0.3) is 16.8 Å². The first kappa shape index (κ1) is 14.7. The maximum Gasteiger partial charge on any atom is 0.244 e. The molecule has 0 aromatic carbocycles. The van der Waals surface area contributed by atoms with E-state index in [1.54, 1.807) is 35.0 Å². The van der Waals surface area contributed by atoms with Crippen LogP contribution >= 0.6 is 22.7 Å². The summed E-state index contributed by atoms with van der Waals surface area (Å²) in [5.41, 5.74) is 1.48. The molecule has 0 unspecified atom stereocenters. The number of nitrogens with one attached hydrogen (secondary N) is 1. The van der Waals surface area contributed by atoms with Crippen LogP contribution in [0.1, 0.15) is 16.4 Å². The van der Waals surface area contributed by atoms with Gasteiger partial charge in [0.05, 0.1) is 27.8 Å². The summed E-state index contributed by atoms with van der Waals surface area (Å²) in [6.07, 6.45) is 4.72. The topological polar surface area (TPSA) is 68.0 Å². The number of nitrogens with zero attached hydrogens (tertiary/aromatic N) is 2. The molecule has 22 heavy (non-hydrogen) atoms. The number of oxazole rings is 1. The Balaban J connectivity index is 1.54. The molecular weight excluding hydrogens is 318 g/mol. The van der Waals surface area contributed by atoms with Crippen LogP contribution in [0.4, 0.5) is 0 Å². The Bertz CT molecular complexity index is 787. The molecule has 0 radical (unpaired) electrons. The van der Waals surface area contributed by atoms with E-state index in [0.29, 0.717) is 18.1 Å². The largest absolute Gasteiger partial charge is 0.443 e. The van der Waals surface area contributed by atoms with Crippen molar-refractivity contribution >= 4 is 34.7 Å². The number of hydrogen-bond donors (Lipinski definition) is 1. The fraction of sp³-hybridized carbons (Fsp3) is 0.133. The molecule has 112 valence electrons. The lowest BCUT2D eigenvalue weighted by molar-refractivity contribution is -0.116. The zero-order valence-corrected chi connectivity index (χ0v) is 13.4. The third kappa shape index (κ3) is 3.69. The van der Waals surface area contributed by atoms with Crippen molar-refractivity contribution in [2.24, 2.45) is 0 Å². The number of hydrogen-bond acceptors (Lipinski definition) is 6. The number of aryl methyl sites for hydroxylation is 1. The summed E-state index contributed by atoms with van der Waals surface area (Å²) in [6, 6.07) is 3.88. The monoisotopic (exact) mass is 331 g/mol. The van der Waals surface area contributed by atoms with Gasteiger partial charge in [-0.25, -0.2) is 9.97 Å². The highest BCUT2D eigenvalue weighted by Crippen LogP contribution is 2.23. The lowest BCUT2D eigenvalue weighted by Crippen LogP contribution is -2.20. The zero-order chi connectivity index (χ0) is 15.4. The molecule has 3 aromatic heterocycles. The summed E-state index contributed by atoms with van der Waals surface area (Å²) in [7, 11) is 0. The molecule has 1 N–H and O–H groups in total. The molecule has 3 rings (SSSR count). The molecule has 5 nitrogen and oxygen atoms in total. The molecule has 0 aliphatic rings. The summed E-state index contributed by atoms with van der Waals surface area (Å²) < 4.78 is 5.39. The quantitative estimate of drug-likeness (QED) is 0.727. The van der Waals surface area contributed by atoms with Crippen LogP contribution < -0.4 is 5.32 Å². The minimum atomic E-state index is -0.189. The highest BCUT2D eigenvalue weighted by molar-refractivity contribution is 7.13. The van der Waals surface area contributed by atoms with Gasteiger partial charge in [0.2, 0.25) is 11.8 Å². The third-order valence-electron chi connectivity index (χ3n) is 2.77. The van der Waals surface area contributed by atoms with E-state index in [0.717, 1.165) is 15.6 Å². The molecule has 1 amide bonds. The number of thiophene rings is 1. The van der Waals surface area contributed by atoms with Crippen molar-refractivity contribution in [2.75, 3.05) is 0 Å². The van der Waals surface area contributed by atoms with Crippen LogP contribution in [0.3, 0.4) is 0 Å². The smallest absolute Gasteiger partial charge is 0.244 e. The second kappa shape index (κ2) is 6.67. The number of rotatable bonds is 5. The van der Waals surface area contributed by atoms with Gasteiger partial charge in [0.25, 0.3) is 0 Å². The van der Waals surface area contributed by atoms with Gasteiger partial charge in [-0.05, 0) is 24.4 Å². The first-order valence-electron chi connectivity index (χ1n) is 6.57. The Morgan fingerprint density at radius 2 is 2.32 bits per heavy atom. The Morgan fingerprint density at radius 1 is 1.41 bits per heavy atom. The van der Waals surface area contributed by atoms with Gasteiger partial charge in [-0.1, -0.05) is 6.07 Å². The van der Waals surface area contributed by atoms with E-state index < -0.39 is 0 Å². The minimum absolute atomic E-state index is 0.189. The lowest BCUT2D eigenvalue weighted by Gasteiger charge is -1.97. The zero-order valence-electron chi connectivity index (χ0n) is 11.8. The molecule has 0 aliphatic carbocycles. The predicted molar refractivity (Wildman–Crippen MR) is 87.5 cm³/mol. The van der Waals surface area contributed by atoms with Gasteiger partial charge in [0.1, 0.15) is 6.26 Å². The number of thiazole rings is 1. The van der Waals surface area contributed by atoms with Crippen molar-refractivity contribution in [2.45, 2.75) is 13.5 Å². The highest BCUT2D eigenvalue weighted by atomic mass is 32.1. The van der Waals surface area contributed by atoms with Crippen molar-refractivity contribution in [1.29, 1.82) is 0 Å². The molecule has 0 saturated heterocycles. The van der Waals surface area contributed by atoms with Gasteiger partial charge in [0, 0.05) is 11.5 Å². The van der Waals surface area contributed by atoms with Gasteiger partial charge in [-0.15, -0.1) is 22.7 Å². The standard InChI is InChI=1S/C15H13N3O2S2/c1-10-17-11(9-22-10)4-5-14(19)16-7-12-8-20-15(18-12)13-3-2-6-21-13/h2-6,8-9H,7H2,1H3,(H,16,19). The molecule has 0 bridgehead atoms. The van der Waals surface area contributed by atoms with Gasteiger partial charge in [-0.3, -0.25) is 4.79 Å². The molecule has 3 aromatic rings. The maximum atomic E-state index is 11.8. The average molecular weight is 331 g/mol. The third-order valence-corrected chi connectivity index (χ3v) is 4.42. The minimum Gasteiger partial charge on any atom is -0.443 e. The second-order valence-corrected chi connectivity index (χ2v) is 6.47. The van der Waals surface area contributed by atoms with Crippen LogP contribution in [0, 0.1) is 6.92 Å². The van der Waals surface area contributed by atoms with Crippen LogP contribution in [-0.2, 0) is 11.3 Å². The molecule has 0 fully saturated rings. The van der Waals surface area contributed by atoms with Crippen LogP contribution in [0.2, 0.25) is 0 Å². The fourth-order valence-corrected chi connectivity index (χ4v) is 2.99. The van der Waals surface area contributed by atoms with E-state index in [1.807, 2.05) is 29.8 Å². The molecule has 3 heterocycles. The Hall–Kier alpha value is -2.25. The molecule has 0 aliphatic heterocycles. The van der Waals surface area contributed by atoms with E-state index in [-0.39, 0.29) is 5.91 Å². The van der Waals surface area contributed by atoms with Crippen molar-refractivity contribution in [1.82, 2.24) is 15.3 Å². The first-order chi connectivity index (χ1) is 10.7. The predicted octanol–water partition coefficient (Wildman–Crippen LogP) is 3.50. The van der Waals surface area contributed by atoms with Crippen molar-refractivity contribution in [3.8, 4) is 10.8 Å². The van der Waals surface area contributed by atoms with Gasteiger partial charge in [-0.2, -0.15) is 0 Å². The number of carbonyl (C=O) groups is 1. The summed E-state index contributed by atoms with van der Waals surface area (Å²) in [6.45, 7) is 2.26. The van der Waals surface area contributed by atoms with E-state index in [1.165, 1.54) is 6.08 Å². The Kier molecular flexibility index (Phi) is 4.45. The SMILES string of the molecule is Cc1nc(C=CC(=O)NCc2coc(-c3cccs3)n2)cs1. The summed E-state index contributed by atoms with van der Waals surface area (Å²) >= 11 is 3.11. The van der Waals surface area contributed by atoms with Crippen molar-refractivity contribution in [3.63, 3.8) is 0 Å². The van der Waals surface area contributed by atoms with E-state index in [2.05, 4.69) is 15.3 Å². The van der Waals surface area contributed by atoms with E-state index >= 15 is 0 Å². The molecular formula is C15H13N3O2S2. The normalized spacial score (nSPS) is 11.1. The molecule has 0 spiro atoms. The second-order valence-electron chi connectivity index (χ2n) is 4.46. The van der Waals surface area contributed by atoms with E-state index in [4.69, 9.17) is 4.42 Å². The average Bonchev–Trinajstić information content (AvgIpc) is 3.23.